The first-order chi connectivity index (χ1) is 6.83. The van der Waals surface area contributed by atoms with Gasteiger partial charge in [-0.3, -0.25) is 0 Å². The predicted octanol–water partition coefficient (Wildman–Crippen LogP) is 1.81. The van der Waals surface area contributed by atoms with Crippen LogP contribution in [-0.4, -0.2) is 18.1 Å². The molecule has 0 saturated heterocycles. The van der Waals surface area contributed by atoms with Gasteiger partial charge in [0.2, 0.25) is 0 Å². The lowest BCUT2D eigenvalue weighted by atomic mass is 10.2. The zero-order chi connectivity index (χ0) is 9.97. The van der Waals surface area contributed by atoms with E-state index in [1.807, 2.05) is 31.2 Å². The van der Waals surface area contributed by atoms with Crippen LogP contribution in [-0.2, 0) is 0 Å². The summed E-state index contributed by atoms with van der Waals surface area (Å²) < 4.78 is 5.58. The van der Waals surface area contributed by atoms with Gasteiger partial charge in [0.05, 0.1) is 5.69 Å². The zero-order valence-electron chi connectivity index (χ0n) is 8.21. The Morgan fingerprint density at radius 3 is 2.93 bits per heavy atom. The van der Waals surface area contributed by atoms with E-state index in [0.717, 1.165) is 22.3 Å². The van der Waals surface area contributed by atoms with E-state index in [-0.39, 0.29) is 0 Å². The smallest absolute Gasteiger partial charge is 0.147 e. The SMILES string of the molecule is Cc1[nH]c2ccccc2c1OCCN. The van der Waals surface area contributed by atoms with E-state index in [1.165, 1.54) is 0 Å². The number of nitrogens with one attached hydrogen (secondary N) is 1. The quantitative estimate of drug-likeness (QED) is 0.775. The van der Waals surface area contributed by atoms with Gasteiger partial charge in [-0.25, -0.2) is 0 Å². The van der Waals surface area contributed by atoms with E-state index >= 15 is 0 Å². The highest BCUT2D eigenvalue weighted by Gasteiger charge is 2.07. The number of H-pyrrole nitrogens is 1. The highest BCUT2D eigenvalue weighted by atomic mass is 16.5. The first-order valence-corrected chi connectivity index (χ1v) is 4.73. The third kappa shape index (κ3) is 1.46. The van der Waals surface area contributed by atoms with Gasteiger partial charge >= 0.3 is 0 Å². The summed E-state index contributed by atoms with van der Waals surface area (Å²) in [6.07, 6.45) is 0. The molecule has 0 aliphatic rings. The van der Waals surface area contributed by atoms with Crippen LogP contribution in [0.1, 0.15) is 5.69 Å². The summed E-state index contributed by atoms with van der Waals surface area (Å²) in [5.74, 6) is 0.922. The minimum atomic E-state index is 0.541. The van der Waals surface area contributed by atoms with Gasteiger partial charge in [0, 0.05) is 17.4 Å². The van der Waals surface area contributed by atoms with Crippen molar-refractivity contribution in [2.24, 2.45) is 5.73 Å². The Labute approximate surface area is 82.9 Å². The van der Waals surface area contributed by atoms with Crippen molar-refractivity contribution < 1.29 is 4.74 Å². The average Bonchev–Trinajstić information content (AvgIpc) is 2.51. The van der Waals surface area contributed by atoms with Crippen molar-refractivity contribution >= 4 is 10.9 Å². The molecule has 14 heavy (non-hydrogen) atoms. The van der Waals surface area contributed by atoms with Gasteiger partial charge in [0.1, 0.15) is 12.4 Å². The highest BCUT2D eigenvalue weighted by Crippen LogP contribution is 2.28. The second kappa shape index (κ2) is 3.72. The maximum absolute atomic E-state index is 5.58. The Morgan fingerprint density at radius 1 is 1.36 bits per heavy atom. The minimum absolute atomic E-state index is 0.541. The minimum Gasteiger partial charge on any atom is -0.490 e. The molecule has 0 spiro atoms. The second-order valence-corrected chi connectivity index (χ2v) is 3.26. The summed E-state index contributed by atoms with van der Waals surface area (Å²) in [7, 11) is 0. The normalized spacial score (nSPS) is 10.7. The number of aromatic amines is 1. The monoisotopic (exact) mass is 190 g/mol. The summed E-state index contributed by atoms with van der Waals surface area (Å²) in [6, 6.07) is 8.10. The van der Waals surface area contributed by atoms with E-state index in [0.29, 0.717) is 13.2 Å². The van der Waals surface area contributed by atoms with E-state index in [4.69, 9.17) is 10.5 Å². The topological polar surface area (TPSA) is 51.0 Å². The van der Waals surface area contributed by atoms with Gasteiger partial charge < -0.3 is 15.5 Å². The number of fused-ring (bicyclic) bond motifs is 1. The van der Waals surface area contributed by atoms with Crippen LogP contribution >= 0.6 is 0 Å². The molecular weight excluding hydrogens is 176 g/mol. The zero-order valence-corrected chi connectivity index (χ0v) is 8.21. The maximum atomic E-state index is 5.58. The number of hydrogen-bond acceptors (Lipinski definition) is 2. The van der Waals surface area contributed by atoms with E-state index < -0.39 is 0 Å². The number of ether oxygens (including phenoxy) is 1. The molecule has 1 heterocycles. The Morgan fingerprint density at radius 2 is 2.14 bits per heavy atom. The van der Waals surface area contributed by atoms with E-state index in [2.05, 4.69) is 4.98 Å². The largest absolute Gasteiger partial charge is 0.490 e. The van der Waals surface area contributed by atoms with Gasteiger partial charge in [-0.15, -0.1) is 0 Å². The van der Waals surface area contributed by atoms with Crippen LogP contribution in [0.15, 0.2) is 24.3 Å². The third-order valence-corrected chi connectivity index (χ3v) is 2.20. The number of para-hydroxylation sites is 1. The van der Waals surface area contributed by atoms with Crippen molar-refractivity contribution in [2.75, 3.05) is 13.2 Å². The number of aromatic nitrogens is 1. The molecule has 3 N–H and O–H groups in total. The van der Waals surface area contributed by atoms with Crippen LogP contribution in [0.25, 0.3) is 10.9 Å². The Kier molecular flexibility index (Phi) is 2.41. The van der Waals surface area contributed by atoms with Crippen molar-refractivity contribution in [3.8, 4) is 5.75 Å². The van der Waals surface area contributed by atoms with Gasteiger partial charge in [-0.2, -0.15) is 0 Å². The molecule has 3 heteroatoms. The van der Waals surface area contributed by atoms with E-state index in [9.17, 15) is 0 Å². The molecule has 0 aliphatic carbocycles. The Balaban J connectivity index is 2.45. The molecule has 3 nitrogen and oxygen atoms in total. The van der Waals surface area contributed by atoms with Crippen molar-refractivity contribution in [2.45, 2.75) is 6.92 Å². The van der Waals surface area contributed by atoms with Crippen molar-refractivity contribution in [1.82, 2.24) is 4.98 Å². The van der Waals surface area contributed by atoms with Crippen LogP contribution in [0.2, 0.25) is 0 Å². The van der Waals surface area contributed by atoms with Crippen molar-refractivity contribution in [3.05, 3.63) is 30.0 Å². The number of rotatable bonds is 3. The van der Waals surface area contributed by atoms with Crippen LogP contribution in [0.4, 0.5) is 0 Å². The van der Waals surface area contributed by atoms with Crippen LogP contribution < -0.4 is 10.5 Å². The number of aryl methyl sites for hydroxylation is 1. The first kappa shape index (κ1) is 9.09. The summed E-state index contributed by atoms with van der Waals surface area (Å²) in [6.45, 7) is 3.10. The van der Waals surface area contributed by atoms with Gasteiger partial charge in [0.15, 0.2) is 0 Å². The molecular formula is C11H14N2O. The number of hydrogen-bond donors (Lipinski definition) is 2. The number of nitrogens with two attached hydrogens (primary N) is 1. The summed E-state index contributed by atoms with van der Waals surface area (Å²) >= 11 is 0. The van der Waals surface area contributed by atoms with Crippen molar-refractivity contribution in [1.29, 1.82) is 0 Å². The van der Waals surface area contributed by atoms with Gasteiger partial charge in [-0.1, -0.05) is 12.1 Å². The molecule has 0 fully saturated rings. The van der Waals surface area contributed by atoms with Crippen LogP contribution in [0, 0.1) is 6.92 Å². The molecule has 0 bridgehead atoms. The molecule has 1 aromatic heterocycles. The van der Waals surface area contributed by atoms with Crippen LogP contribution in [0.3, 0.4) is 0 Å². The fourth-order valence-electron chi connectivity index (χ4n) is 1.60. The molecule has 2 rings (SSSR count). The molecule has 0 radical (unpaired) electrons. The van der Waals surface area contributed by atoms with Gasteiger partial charge in [0.25, 0.3) is 0 Å². The summed E-state index contributed by atoms with van der Waals surface area (Å²) in [5, 5.41) is 1.12. The molecule has 74 valence electrons. The third-order valence-electron chi connectivity index (χ3n) is 2.20. The summed E-state index contributed by atoms with van der Waals surface area (Å²) in [4.78, 5) is 3.27. The highest BCUT2D eigenvalue weighted by molar-refractivity contribution is 5.87. The molecule has 1 aromatic carbocycles. The Bertz CT molecular complexity index is 434. The van der Waals surface area contributed by atoms with E-state index in [1.54, 1.807) is 0 Å². The lowest BCUT2D eigenvalue weighted by Crippen LogP contribution is -2.10. The molecule has 0 unspecified atom stereocenters. The lowest BCUT2D eigenvalue weighted by molar-refractivity contribution is 0.330. The summed E-state index contributed by atoms with van der Waals surface area (Å²) in [5.41, 5.74) is 7.57. The van der Waals surface area contributed by atoms with Gasteiger partial charge in [-0.05, 0) is 19.1 Å². The van der Waals surface area contributed by atoms with Crippen LogP contribution in [0.5, 0.6) is 5.75 Å². The Hall–Kier alpha value is -1.48. The number of benzene rings is 1. The molecule has 0 atom stereocenters. The maximum Gasteiger partial charge on any atom is 0.147 e. The fraction of sp³-hybridized carbons (Fsp3) is 0.273. The average molecular weight is 190 g/mol. The lowest BCUT2D eigenvalue weighted by Gasteiger charge is -2.03. The molecule has 0 amide bonds. The predicted molar refractivity (Wildman–Crippen MR) is 57.6 cm³/mol. The fourth-order valence-corrected chi connectivity index (χ4v) is 1.60. The molecule has 0 saturated carbocycles. The first-order valence-electron chi connectivity index (χ1n) is 4.73. The standard InChI is InChI=1S/C11H14N2O/c1-8-11(14-7-6-12)9-4-2-3-5-10(9)13-8/h2-5,13H,6-7,12H2,1H3. The molecule has 2 aromatic rings. The molecule has 0 aliphatic heterocycles. The van der Waals surface area contributed by atoms with Crippen molar-refractivity contribution in [3.63, 3.8) is 0 Å². The second-order valence-electron chi connectivity index (χ2n) is 3.26.